The molecule has 1 rings (SSSR count). The lowest BCUT2D eigenvalue weighted by atomic mass is 10.1. The van der Waals surface area contributed by atoms with Crippen molar-refractivity contribution in [2.45, 2.75) is 46.0 Å². The lowest BCUT2D eigenvalue weighted by molar-refractivity contribution is -0.137. The van der Waals surface area contributed by atoms with Crippen LogP contribution in [0.2, 0.25) is 5.02 Å². The molecule has 1 amide bonds. The minimum atomic E-state index is -4.76. The fourth-order valence-corrected chi connectivity index (χ4v) is 3.58. The van der Waals surface area contributed by atoms with E-state index >= 15 is 0 Å². The van der Waals surface area contributed by atoms with Gasteiger partial charge in [-0.25, -0.2) is 8.42 Å². The number of amides is 1. The molecule has 1 N–H and O–H groups in total. The van der Waals surface area contributed by atoms with Crippen LogP contribution in [0, 0.1) is 5.92 Å². The Bertz CT molecular complexity index is 766. The van der Waals surface area contributed by atoms with Gasteiger partial charge >= 0.3 is 6.18 Å². The van der Waals surface area contributed by atoms with Gasteiger partial charge in [0.1, 0.15) is 6.04 Å². The van der Waals surface area contributed by atoms with E-state index in [1.807, 2.05) is 13.8 Å². The molecule has 0 aliphatic carbocycles. The molecule has 5 nitrogen and oxygen atoms in total. The van der Waals surface area contributed by atoms with E-state index in [1.54, 1.807) is 6.92 Å². The predicted octanol–water partition coefficient (Wildman–Crippen LogP) is 3.67. The Hall–Kier alpha value is -1.48. The van der Waals surface area contributed by atoms with Crippen LogP contribution in [0.15, 0.2) is 18.2 Å². The molecular formula is C16H22ClF3N2O3S. The molecular weight excluding hydrogens is 393 g/mol. The summed E-state index contributed by atoms with van der Waals surface area (Å²) in [7, 11) is -4.03. The van der Waals surface area contributed by atoms with Crippen molar-refractivity contribution in [1.29, 1.82) is 0 Å². The molecule has 0 saturated heterocycles. The minimum absolute atomic E-state index is 0.102. The zero-order valence-corrected chi connectivity index (χ0v) is 16.6. The Morgan fingerprint density at radius 2 is 1.73 bits per heavy atom. The van der Waals surface area contributed by atoms with E-state index in [0.717, 1.165) is 18.4 Å². The number of rotatable bonds is 6. The largest absolute Gasteiger partial charge is 0.417 e. The number of nitrogens with zero attached hydrogens (tertiary/aromatic N) is 1. The second kappa shape index (κ2) is 8.04. The average Bonchev–Trinajstić information content (AvgIpc) is 2.46. The van der Waals surface area contributed by atoms with Crippen LogP contribution in [-0.4, -0.2) is 32.7 Å². The Labute approximate surface area is 156 Å². The maximum atomic E-state index is 13.1. The summed E-state index contributed by atoms with van der Waals surface area (Å²) < 4.78 is 64.2. The molecule has 0 aromatic heterocycles. The highest BCUT2D eigenvalue weighted by Crippen LogP contribution is 2.37. The summed E-state index contributed by atoms with van der Waals surface area (Å²) in [4.78, 5) is 12.4. The van der Waals surface area contributed by atoms with Crippen molar-refractivity contribution in [3.63, 3.8) is 0 Å². The first-order chi connectivity index (χ1) is 11.7. The number of hydrogen-bond donors (Lipinski definition) is 1. The van der Waals surface area contributed by atoms with Crippen LogP contribution in [-0.2, 0) is 21.0 Å². The molecule has 10 heteroatoms. The van der Waals surface area contributed by atoms with Gasteiger partial charge in [0, 0.05) is 6.04 Å². The number of halogens is 4. The molecule has 0 heterocycles. The van der Waals surface area contributed by atoms with Crippen LogP contribution >= 0.6 is 11.6 Å². The Morgan fingerprint density at radius 1 is 1.19 bits per heavy atom. The standard InChI is InChI=1S/C16H22ClF3N2O3S/c1-9(2)10(3)21-15(23)11(4)22(26(5,24)25)12-6-7-14(17)13(8-12)16(18,19)20/h6-11H,1-5H3,(H,21,23)/t10-,11-/m1/s1. The highest BCUT2D eigenvalue weighted by molar-refractivity contribution is 7.92. The van der Waals surface area contributed by atoms with Crippen molar-refractivity contribution < 1.29 is 26.4 Å². The first-order valence-corrected chi connectivity index (χ1v) is 10.1. The van der Waals surface area contributed by atoms with E-state index in [-0.39, 0.29) is 17.6 Å². The van der Waals surface area contributed by atoms with Gasteiger partial charge < -0.3 is 5.32 Å². The SMILES string of the molecule is CC(C)[C@@H](C)NC(=O)[C@@H](C)N(c1ccc(Cl)c(C(F)(F)F)c1)S(C)(=O)=O. The van der Waals surface area contributed by atoms with E-state index < -0.39 is 38.7 Å². The van der Waals surface area contributed by atoms with Crippen molar-refractivity contribution in [3.05, 3.63) is 28.8 Å². The van der Waals surface area contributed by atoms with E-state index in [9.17, 15) is 26.4 Å². The van der Waals surface area contributed by atoms with Crippen molar-refractivity contribution in [2.75, 3.05) is 10.6 Å². The summed E-state index contributed by atoms with van der Waals surface area (Å²) in [5, 5.41) is 2.11. The van der Waals surface area contributed by atoms with E-state index in [1.165, 1.54) is 6.92 Å². The number of benzene rings is 1. The number of hydrogen-bond acceptors (Lipinski definition) is 3. The van der Waals surface area contributed by atoms with Crippen LogP contribution in [0.1, 0.15) is 33.3 Å². The third kappa shape index (κ3) is 5.51. The second-order valence-corrected chi connectivity index (χ2v) is 8.70. The van der Waals surface area contributed by atoms with Crippen molar-refractivity contribution >= 4 is 33.2 Å². The molecule has 0 saturated carbocycles. The molecule has 148 valence electrons. The van der Waals surface area contributed by atoms with Crippen molar-refractivity contribution in [1.82, 2.24) is 5.32 Å². The highest BCUT2D eigenvalue weighted by Gasteiger charge is 2.36. The average molecular weight is 415 g/mol. The number of sulfonamides is 1. The Morgan fingerprint density at radius 3 is 2.15 bits per heavy atom. The van der Waals surface area contributed by atoms with Crippen LogP contribution in [0.4, 0.5) is 18.9 Å². The summed E-state index contributed by atoms with van der Waals surface area (Å²) in [6.45, 7) is 6.81. The summed E-state index contributed by atoms with van der Waals surface area (Å²) in [6, 6.07) is 1.24. The van der Waals surface area contributed by atoms with Gasteiger partial charge in [-0.15, -0.1) is 0 Å². The molecule has 0 aliphatic rings. The molecule has 0 bridgehead atoms. The van der Waals surface area contributed by atoms with Gasteiger partial charge in [-0.2, -0.15) is 13.2 Å². The van der Waals surface area contributed by atoms with Gasteiger partial charge in [-0.1, -0.05) is 25.4 Å². The first-order valence-electron chi connectivity index (χ1n) is 7.82. The fraction of sp³-hybridized carbons (Fsp3) is 0.562. The fourth-order valence-electron chi connectivity index (χ4n) is 2.19. The van der Waals surface area contributed by atoms with Crippen LogP contribution < -0.4 is 9.62 Å². The topological polar surface area (TPSA) is 66.5 Å². The molecule has 26 heavy (non-hydrogen) atoms. The predicted molar refractivity (Wildman–Crippen MR) is 95.7 cm³/mol. The smallest absolute Gasteiger partial charge is 0.352 e. The van der Waals surface area contributed by atoms with E-state index in [2.05, 4.69) is 5.32 Å². The maximum Gasteiger partial charge on any atom is 0.417 e. The second-order valence-electron chi connectivity index (χ2n) is 6.44. The number of nitrogens with one attached hydrogen (secondary N) is 1. The van der Waals surface area contributed by atoms with Crippen LogP contribution in [0.25, 0.3) is 0 Å². The zero-order chi connectivity index (χ0) is 20.4. The van der Waals surface area contributed by atoms with Crippen molar-refractivity contribution in [2.24, 2.45) is 5.92 Å². The number of carbonyl (C=O) groups excluding carboxylic acids is 1. The Kier molecular flexibility index (Phi) is 6.98. The summed E-state index contributed by atoms with van der Waals surface area (Å²) >= 11 is 5.58. The molecule has 0 spiro atoms. The maximum absolute atomic E-state index is 13.1. The van der Waals surface area contributed by atoms with E-state index in [0.29, 0.717) is 10.4 Å². The van der Waals surface area contributed by atoms with Gasteiger partial charge in [-0.05, 0) is 38.0 Å². The summed E-state index contributed by atoms with van der Waals surface area (Å²) in [6.07, 6.45) is -3.93. The number of alkyl halides is 3. The van der Waals surface area contributed by atoms with Gasteiger partial charge in [0.15, 0.2) is 0 Å². The van der Waals surface area contributed by atoms with Gasteiger partial charge in [0.25, 0.3) is 0 Å². The third-order valence-electron chi connectivity index (χ3n) is 3.97. The minimum Gasteiger partial charge on any atom is -0.352 e. The normalized spacial score (nSPS) is 14.8. The molecule has 0 fully saturated rings. The molecule has 0 aliphatic heterocycles. The lowest BCUT2D eigenvalue weighted by Crippen LogP contribution is -2.50. The number of carbonyl (C=O) groups is 1. The zero-order valence-electron chi connectivity index (χ0n) is 15.1. The number of anilines is 1. The molecule has 2 atom stereocenters. The van der Waals surface area contributed by atoms with Gasteiger partial charge in [0.05, 0.1) is 22.5 Å². The quantitative estimate of drug-likeness (QED) is 0.772. The monoisotopic (exact) mass is 414 g/mol. The first kappa shape index (κ1) is 22.6. The summed E-state index contributed by atoms with van der Waals surface area (Å²) in [5.74, 6) is -0.509. The Balaban J connectivity index is 3.35. The van der Waals surface area contributed by atoms with Crippen molar-refractivity contribution in [3.8, 4) is 0 Å². The molecule has 0 radical (unpaired) electrons. The third-order valence-corrected chi connectivity index (χ3v) is 5.54. The lowest BCUT2D eigenvalue weighted by Gasteiger charge is -2.30. The molecule has 1 aromatic rings. The van der Waals surface area contributed by atoms with Gasteiger partial charge in [0.2, 0.25) is 15.9 Å². The summed E-state index contributed by atoms with van der Waals surface area (Å²) in [5.41, 5.74) is -1.46. The highest BCUT2D eigenvalue weighted by atomic mass is 35.5. The van der Waals surface area contributed by atoms with Crippen LogP contribution in [0.5, 0.6) is 0 Å². The van der Waals surface area contributed by atoms with E-state index in [4.69, 9.17) is 11.6 Å². The van der Waals surface area contributed by atoms with Gasteiger partial charge in [-0.3, -0.25) is 9.10 Å². The van der Waals surface area contributed by atoms with Crippen LogP contribution in [0.3, 0.4) is 0 Å². The molecule has 0 unspecified atom stereocenters. The molecule has 1 aromatic carbocycles.